The molecule has 0 aliphatic rings. The van der Waals surface area contributed by atoms with E-state index in [1.165, 1.54) is 23.1 Å². The smallest absolute Gasteiger partial charge is 0.355 e. The maximum Gasteiger partial charge on any atom is 0.355 e. The number of carbonyl (C=O) groups is 2. The lowest BCUT2D eigenvalue weighted by Crippen LogP contribution is -2.44. The number of unbranched alkanes of at least 4 members (excludes halogenated alkanes) is 1. The van der Waals surface area contributed by atoms with Crippen LogP contribution >= 0.6 is 11.3 Å². The van der Waals surface area contributed by atoms with Gasteiger partial charge in [-0.2, -0.15) is 0 Å². The van der Waals surface area contributed by atoms with E-state index in [1.807, 2.05) is 13.8 Å². The highest BCUT2D eigenvalue weighted by molar-refractivity contribution is 7.09. The monoisotopic (exact) mass is 373 g/mol. The van der Waals surface area contributed by atoms with Gasteiger partial charge in [-0.3, -0.25) is 4.79 Å². The third kappa shape index (κ3) is 7.94. The zero-order valence-electron chi connectivity index (χ0n) is 15.7. The molecule has 0 bridgehead atoms. The summed E-state index contributed by atoms with van der Waals surface area (Å²) in [5.74, 6) is -1.20. The van der Waals surface area contributed by atoms with Crippen molar-refractivity contribution in [2.24, 2.45) is 11.7 Å². The van der Waals surface area contributed by atoms with Gasteiger partial charge >= 0.3 is 5.97 Å². The molecule has 1 amide bonds. The van der Waals surface area contributed by atoms with E-state index < -0.39 is 12.1 Å². The molecular weight excluding hydrogens is 342 g/mol. The van der Waals surface area contributed by atoms with Crippen molar-refractivity contribution in [3.05, 3.63) is 16.1 Å². The minimum Gasteiger partial charge on any atom is -0.476 e. The molecule has 1 heterocycles. The van der Waals surface area contributed by atoms with Crippen molar-refractivity contribution in [3.63, 3.8) is 0 Å². The third-order valence-corrected chi connectivity index (χ3v) is 4.77. The zero-order valence-corrected chi connectivity index (χ0v) is 16.5. The predicted molar refractivity (Wildman–Crippen MR) is 99.7 cm³/mol. The molecule has 1 rings (SSSR count). The zero-order chi connectivity index (χ0) is 19.6. The first kappa shape index (κ1) is 23.5. The fourth-order valence-corrected chi connectivity index (χ4v) is 2.87. The van der Waals surface area contributed by atoms with Gasteiger partial charge in [0.15, 0.2) is 5.69 Å². The molecule has 25 heavy (non-hydrogen) atoms. The molecule has 1 aromatic heterocycles. The van der Waals surface area contributed by atoms with Gasteiger partial charge in [0.25, 0.3) is 0 Å². The number of likely N-dealkylation sites (N-methyl/N-ethyl adjacent to an activating group) is 1. The van der Waals surface area contributed by atoms with Crippen molar-refractivity contribution >= 4 is 23.2 Å². The topological polar surface area (TPSA) is 117 Å². The van der Waals surface area contributed by atoms with Gasteiger partial charge in [-0.15, -0.1) is 11.3 Å². The number of nitrogens with two attached hydrogens (primary N) is 1. The highest BCUT2D eigenvalue weighted by Crippen LogP contribution is 2.26. The van der Waals surface area contributed by atoms with E-state index in [0.29, 0.717) is 5.01 Å². The summed E-state index contributed by atoms with van der Waals surface area (Å²) >= 11 is 1.10. The van der Waals surface area contributed by atoms with Crippen molar-refractivity contribution in [1.82, 2.24) is 9.88 Å². The first-order chi connectivity index (χ1) is 11.7. The standard InChI is InChI=1S/C13H21N3O4S.C4H10/c1-7(2)9(16(3)11(18)5-14)4-10(17)12-15-8(6-21-12)13(19)20;1-3-4-2/h6-7,9-10,17H,4-5,14H2,1-3H3,(H,19,20);3-4H2,1-2H3. The van der Waals surface area contributed by atoms with Crippen LogP contribution in [0.3, 0.4) is 0 Å². The summed E-state index contributed by atoms with van der Waals surface area (Å²) in [6, 6.07) is -0.201. The number of nitrogens with zero attached hydrogens (tertiary/aromatic N) is 2. The van der Waals surface area contributed by atoms with E-state index in [9.17, 15) is 14.7 Å². The first-order valence-electron chi connectivity index (χ1n) is 8.51. The molecule has 0 aromatic carbocycles. The quantitative estimate of drug-likeness (QED) is 0.644. The molecule has 0 aliphatic carbocycles. The van der Waals surface area contributed by atoms with E-state index in [1.54, 1.807) is 7.05 Å². The Morgan fingerprint density at radius 2 is 1.88 bits per heavy atom. The number of thiazole rings is 1. The van der Waals surface area contributed by atoms with Crippen LogP contribution in [-0.2, 0) is 4.79 Å². The van der Waals surface area contributed by atoms with Crippen LogP contribution in [-0.4, -0.2) is 51.6 Å². The number of carboxylic acids is 1. The Morgan fingerprint density at radius 1 is 1.32 bits per heavy atom. The summed E-state index contributed by atoms with van der Waals surface area (Å²) < 4.78 is 0. The Hall–Kier alpha value is -1.51. The highest BCUT2D eigenvalue weighted by atomic mass is 32.1. The second-order valence-corrected chi connectivity index (χ2v) is 7.04. The normalized spacial score (nSPS) is 13.0. The maximum atomic E-state index is 11.7. The Labute approximate surface area is 153 Å². The Morgan fingerprint density at radius 3 is 2.24 bits per heavy atom. The number of carbonyl (C=O) groups excluding carboxylic acids is 1. The van der Waals surface area contributed by atoms with E-state index in [0.717, 1.165) is 11.3 Å². The molecule has 0 aliphatic heterocycles. The van der Waals surface area contributed by atoms with Crippen molar-refractivity contribution < 1.29 is 19.8 Å². The molecule has 0 saturated carbocycles. The van der Waals surface area contributed by atoms with Crippen molar-refractivity contribution in [3.8, 4) is 0 Å². The summed E-state index contributed by atoms with van der Waals surface area (Å²) in [4.78, 5) is 27.9. The van der Waals surface area contributed by atoms with Crippen molar-refractivity contribution in [2.75, 3.05) is 13.6 Å². The average molecular weight is 374 g/mol. The van der Waals surface area contributed by atoms with Crippen LogP contribution in [0.2, 0.25) is 0 Å². The summed E-state index contributed by atoms with van der Waals surface area (Å²) in [5, 5.41) is 20.8. The van der Waals surface area contributed by atoms with Gasteiger partial charge < -0.3 is 20.8 Å². The van der Waals surface area contributed by atoms with E-state index in [4.69, 9.17) is 10.8 Å². The minimum absolute atomic E-state index is 0.0819. The van der Waals surface area contributed by atoms with Crippen molar-refractivity contribution in [2.45, 2.75) is 59.1 Å². The summed E-state index contributed by atoms with van der Waals surface area (Å²) in [5.41, 5.74) is 5.28. The number of aliphatic hydroxyl groups excluding tert-OH is 1. The van der Waals surface area contributed by atoms with Crippen LogP contribution in [0, 0.1) is 5.92 Å². The molecule has 2 unspecified atom stereocenters. The highest BCUT2D eigenvalue weighted by Gasteiger charge is 2.27. The molecule has 0 saturated heterocycles. The summed E-state index contributed by atoms with van der Waals surface area (Å²) in [6.45, 7) is 8.17. The second-order valence-electron chi connectivity index (χ2n) is 6.15. The summed E-state index contributed by atoms with van der Waals surface area (Å²) in [7, 11) is 1.65. The maximum absolute atomic E-state index is 11.7. The molecule has 0 fully saturated rings. The molecular formula is C17H31N3O4S. The fraction of sp³-hybridized carbons (Fsp3) is 0.706. The van der Waals surface area contributed by atoms with Gasteiger partial charge in [-0.05, 0) is 5.92 Å². The second kappa shape index (κ2) is 11.9. The minimum atomic E-state index is -1.12. The van der Waals surface area contributed by atoms with E-state index in [2.05, 4.69) is 18.8 Å². The number of carboxylic acid groups (broad SMARTS) is 1. The first-order valence-corrected chi connectivity index (χ1v) is 9.39. The van der Waals surface area contributed by atoms with Gasteiger partial charge in [0, 0.05) is 24.9 Å². The molecule has 144 valence electrons. The van der Waals surface area contributed by atoms with Crippen molar-refractivity contribution in [1.29, 1.82) is 0 Å². The number of aliphatic hydroxyl groups is 1. The lowest BCUT2D eigenvalue weighted by atomic mass is 9.96. The molecule has 1 aromatic rings. The van der Waals surface area contributed by atoms with Gasteiger partial charge in [0.2, 0.25) is 5.91 Å². The Balaban J connectivity index is 0.00000129. The van der Waals surface area contributed by atoms with Gasteiger partial charge in [-0.25, -0.2) is 9.78 Å². The SMILES string of the molecule is CC(C)C(CC(O)c1nc(C(=O)O)cs1)N(C)C(=O)CN.CCCC. The fourth-order valence-electron chi connectivity index (χ4n) is 2.07. The van der Waals surface area contributed by atoms with Crippen LogP contribution < -0.4 is 5.73 Å². The summed E-state index contributed by atoms with van der Waals surface area (Å²) in [6.07, 6.45) is 2.01. The molecule has 8 heteroatoms. The molecule has 4 N–H and O–H groups in total. The number of aromatic nitrogens is 1. The molecule has 0 radical (unpaired) electrons. The van der Waals surface area contributed by atoms with E-state index >= 15 is 0 Å². The van der Waals surface area contributed by atoms with Gasteiger partial charge in [0.1, 0.15) is 11.1 Å². The van der Waals surface area contributed by atoms with Gasteiger partial charge in [0.05, 0.1) is 6.54 Å². The molecule has 2 atom stereocenters. The molecule has 7 nitrogen and oxygen atoms in total. The van der Waals surface area contributed by atoms with Crippen LogP contribution in [0.15, 0.2) is 5.38 Å². The lowest BCUT2D eigenvalue weighted by Gasteiger charge is -2.32. The number of hydrogen-bond donors (Lipinski definition) is 3. The number of amides is 1. The van der Waals surface area contributed by atoms with Crippen LogP contribution in [0.5, 0.6) is 0 Å². The van der Waals surface area contributed by atoms with Crippen LogP contribution in [0.1, 0.15) is 68.6 Å². The third-order valence-electron chi connectivity index (χ3n) is 3.83. The average Bonchev–Trinajstić information content (AvgIpc) is 3.08. The number of hydrogen-bond acceptors (Lipinski definition) is 6. The van der Waals surface area contributed by atoms with Gasteiger partial charge in [-0.1, -0.05) is 40.5 Å². The Bertz CT molecular complexity index is 532. The number of rotatable bonds is 8. The lowest BCUT2D eigenvalue weighted by molar-refractivity contribution is -0.132. The molecule has 0 spiro atoms. The van der Waals surface area contributed by atoms with E-state index in [-0.39, 0.29) is 36.5 Å². The predicted octanol–water partition coefficient (Wildman–Crippen LogP) is 2.51. The largest absolute Gasteiger partial charge is 0.476 e. The van der Waals surface area contributed by atoms with Crippen LogP contribution in [0.4, 0.5) is 0 Å². The number of aromatic carboxylic acids is 1. The Kier molecular flexibility index (Phi) is 11.2. The van der Waals surface area contributed by atoms with Crippen LogP contribution in [0.25, 0.3) is 0 Å².